The van der Waals surface area contributed by atoms with E-state index in [1.54, 1.807) is 5.56 Å². The summed E-state index contributed by atoms with van der Waals surface area (Å²) in [6.45, 7) is 15.1. The Kier molecular flexibility index (Phi) is 6.12. The number of fused-ring (bicyclic) bond motifs is 5. The maximum absolute atomic E-state index is 4.83. The Morgan fingerprint density at radius 2 is 1.52 bits per heavy atom. The minimum atomic E-state index is -0.152. The van der Waals surface area contributed by atoms with E-state index < -0.39 is 0 Å². The minimum Gasteiger partial charge on any atom is -0.304 e. The Labute approximate surface area is 211 Å². The van der Waals surface area contributed by atoms with Crippen molar-refractivity contribution in [1.29, 1.82) is 0 Å². The van der Waals surface area contributed by atoms with Gasteiger partial charge in [-0.3, -0.25) is 0 Å². The zero-order chi connectivity index (χ0) is 22.8. The van der Waals surface area contributed by atoms with E-state index in [0.717, 1.165) is 40.3 Å². The van der Waals surface area contributed by atoms with Gasteiger partial charge in [0.05, 0.1) is 0 Å². The molecule has 0 N–H and O–H groups in total. The first kappa shape index (κ1) is 24.2. The zero-order valence-electron chi connectivity index (χ0n) is 20.7. The molecule has 0 saturated heterocycles. The molecule has 1 aromatic carbocycles. The van der Waals surface area contributed by atoms with Crippen LogP contribution in [0.5, 0.6) is 0 Å². The molecule has 5 rings (SSSR count). The second-order valence-electron chi connectivity index (χ2n) is 11.6. The maximum Gasteiger partial charge on any atom is 0.164 e. The summed E-state index contributed by atoms with van der Waals surface area (Å²) >= 11 is 0. The van der Waals surface area contributed by atoms with Gasteiger partial charge in [-0.25, -0.2) is 15.0 Å². The quantitative estimate of drug-likeness (QED) is 0.302. The normalized spacial score (nSPS) is 19.4. The van der Waals surface area contributed by atoms with Crippen molar-refractivity contribution >= 4 is 0 Å². The first-order chi connectivity index (χ1) is 15.0. The van der Waals surface area contributed by atoms with E-state index in [4.69, 9.17) is 19.9 Å². The van der Waals surface area contributed by atoms with Crippen molar-refractivity contribution in [3.05, 3.63) is 58.8 Å². The molecule has 3 aromatic rings. The fourth-order valence-corrected chi connectivity index (χ4v) is 5.21. The molecule has 33 heavy (non-hydrogen) atoms. The molecule has 2 atom stereocenters. The van der Waals surface area contributed by atoms with Gasteiger partial charge in [-0.05, 0) is 30.4 Å². The largest absolute Gasteiger partial charge is 0.304 e. The second-order valence-corrected chi connectivity index (χ2v) is 11.6. The molecule has 2 bridgehead atoms. The van der Waals surface area contributed by atoms with Gasteiger partial charge in [-0.15, -0.1) is 34.4 Å². The number of hydrogen-bond donors (Lipinski definition) is 0. The fourth-order valence-electron chi connectivity index (χ4n) is 5.21. The third-order valence-corrected chi connectivity index (χ3v) is 7.00. The number of nitrogens with zero attached hydrogens (tertiary/aromatic N) is 4. The summed E-state index contributed by atoms with van der Waals surface area (Å²) in [5.41, 5.74) is 7.19. The molecule has 1 saturated carbocycles. The predicted molar refractivity (Wildman–Crippen MR) is 129 cm³/mol. The first-order valence-electron chi connectivity index (χ1n) is 11.8. The van der Waals surface area contributed by atoms with Crippen molar-refractivity contribution in [1.82, 2.24) is 19.9 Å². The smallest absolute Gasteiger partial charge is 0.164 e. The zero-order valence-corrected chi connectivity index (χ0v) is 23.1. The average Bonchev–Trinajstić information content (AvgIpc) is 3.35. The van der Waals surface area contributed by atoms with Crippen molar-refractivity contribution < 1.29 is 20.1 Å². The van der Waals surface area contributed by atoms with E-state index in [-0.39, 0.29) is 30.9 Å². The molecule has 2 aliphatic carbocycles. The number of hydrogen-bond acceptors (Lipinski definition) is 4. The van der Waals surface area contributed by atoms with Crippen molar-refractivity contribution in [2.45, 2.75) is 90.4 Å². The fraction of sp³-hybridized carbons (Fsp3) is 0.500. The van der Waals surface area contributed by atoms with E-state index in [9.17, 15) is 0 Å². The molecule has 2 unspecified atom stereocenters. The van der Waals surface area contributed by atoms with E-state index in [1.807, 2.05) is 6.20 Å². The maximum atomic E-state index is 4.83. The van der Waals surface area contributed by atoms with Gasteiger partial charge in [0.15, 0.2) is 5.82 Å². The van der Waals surface area contributed by atoms with Gasteiger partial charge in [-0.1, -0.05) is 67.0 Å². The van der Waals surface area contributed by atoms with Crippen LogP contribution in [0.25, 0.3) is 22.6 Å². The van der Waals surface area contributed by atoms with E-state index in [2.05, 4.69) is 72.7 Å². The molecule has 2 heterocycles. The van der Waals surface area contributed by atoms with Crippen molar-refractivity contribution in [2.24, 2.45) is 0 Å². The Bertz CT molecular complexity index is 1150. The van der Waals surface area contributed by atoms with Crippen molar-refractivity contribution in [2.75, 3.05) is 0 Å². The van der Waals surface area contributed by atoms with Gasteiger partial charge in [0.25, 0.3) is 0 Å². The van der Waals surface area contributed by atoms with Gasteiger partial charge in [0.1, 0.15) is 11.6 Å². The Morgan fingerprint density at radius 3 is 2.09 bits per heavy atom. The molecule has 2 aliphatic rings. The van der Waals surface area contributed by atoms with Gasteiger partial charge in [-0.2, -0.15) is 0 Å². The average molecular weight is 618 g/mol. The molecule has 1 fully saturated rings. The third kappa shape index (κ3) is 4.30. The van der Waals surface area contributed by atoms with Crippen LogP contribution in [0.1, 0.15) is 101 Å². The van der Waals surface area contributed by atoms with Crippen LogP contribution in [0.2, 0.25) is 0 Å². The molecule has 0 spiro atoms. The van der Waals surface area contributed by atoms with Gasteiger partial charge in [0, 0.05) is 42.7 Å². The van der Waals surface area contributed by atoms with Crippen LogP contribution in [0.4, 0.5) is 0 Å². The van der Waals surface area contributed by atoms with Crippen LogP contribution in [0, 0.1) is 13.0 Å². The topological polar surface area (TPSA) is 51.6 Å². The number of pyridine rings is 1. The van der Waals surface area contributed by atoms with Crippen molar-refractivity contribution in [3.8, 4) is 22.6 Å². The summed E-state index contributed by atoms with van der Waals surface area (Å²) in [4.78, 5) is 19.2. The van der Waals surface area contributed by atoms with Crippen LogP contribution in [0.3, 0.4) is 0 Å². The summed E-state index contributed by atoms with van der Waals surface area (Å²) in [6, 6.07) is 9.96. The third-order valence-electron chi connectivity index (χ3n) is 7.00. The summed E-state index contributed by atoms with van der Waals surface area (Å²) < 4.78 is 0. The molecular weight excluding hydrogens is 585 g/mol. The van der Waals surface area contributed by atoms with Crippen molar-refractivity contribution in [3.63, 3.8) is 0 Å². The summed E-state index contributed by atoms with van der Waals surface area (Å²) in [5, 5.41) is 0. The molecule has 5 heteroatoms. The molecule has 1 radical (unpaired) electrons. The minimum absolute atomic E-state index is 0. The first-order valence-corrected chi connectivity index (χ1v) is 11.8. The second kappa shape index (κ2) is 8.36. The molecular formula is C28H33IrN4-. The van der Waals surface area contributed by atoms with Crippen LogP contribution < -0.4 is 0 Å². The summed E-state index contributed by atoms with van der Waals surface area (Å²) in [6.07, 6.45) is 5.90. The van der Waals surface area contributed by atoms with E-state index in [0.29, 0.717) is 5.82 Å². The standard InChI is InChI=1S/C28H33N4.Ir/c1-16-20(11-12-21-17-8-9-18(14-17)23(16)21)22-13-10-19(15-29-22)24-30-25(27(2,3)4)32-26(31-24)28(5,6)7;/h10,12-13,15,17-18H,8-9,14H2,1-7H3;/q-1;. The molecule has 4 nitrogen and oxygen atoms in total. The monoisotopic (exact) mass is 618 g/mol. The van der Waals surface area contributed by atoms with Crippen LogP contribution in [-0.4, -0.2) is 19.9 Å². The Hall–Kier alpha value is -1.97. The van der Waals surface area contributed by atoms with E-state index >= 15 is 0 Å². The molecule has 2 aromatic heterocycles. The van der Waals surface area contributed by atoms with Gasteiger partial charge < -0.3 is 4.98 Å². The SMILES string of the molecule is Cc1c(-c2ccc(-c3nc(C(C)(C)C)nc(C(C)(C)C)n3)cn2)[c-]cc2c1C1CCC2C1.[Ir]. The van der Waals surface area contributed by atoms with Gasteiger partial charge in [0.2, 0.25) is 0 Å². The van der Waals surface area contributed by atoms with Crippen LogP contribution in [-0.2, 0) is 30.9 Å². The summed E-state index contributed by atoms with van der Waals surface area (Å²) in [5.74, 6) is 3.82. The molecule has 175 valence electrons. The number of rotatable bonds is 2. The number of aromatic nitrogens is 4. The van der Waals surface area contributed by atoms with Gasteiger partial charge >= 0.3 is 0 Å². The van der Waals surface area contributed by atoms with E-state index in [1.165, 1.54) is 30.4 Å². The Morgan fingerprint density at radius 1 is 0.879 bits per heavy atom. The summed E-state index contributed by atoms with van der Waals surface area (Å²) in [7, 11) is 0. The Balaban J connectivity index is 0.00000259. The molecule has 0 amide bonds. The molecule has 0 aliphatic heterocycles. The number of benzene rings is 1. The van der Waals surface area contributed by atoms with Crippen LogP contribution in [0.15, 0.2) is 24.4 Å². The predicted octanol–water partition coefficient (Wildman–Crippen LogP) is 6.67. The van der Waals surface area contributed by atoms with Crippen LogP contribution >= 0.6 is 0 Å².